The third-order valence-electron chi connectivity index (χ3n) is 3.21. The molecule has 0 aromatic heterocycles. The topological polar surface area (TPSA) is 35.2 Å². The highest BCUT2D eigenvalue weighted by Gasteiger charge is 2.05. The van der Waals surface area contributed by atoms with Crippen molar-refractivity contribution >= 4 is 0 Å². The van der Waals surface area contributed by atoms with E-state index in [4.69, 9.17) is 10.5 Å². The first-order valence-corrected chi connectivity index (χ1v) is 6.67. The van der Waals surface area contributed by atoms with Crippen LogP contribution in [0.15, 0.2) is 42.5 Å². The summed E-state index contributed by atoms with van der Waals surface area (Å²) >= 11 is 0. The second-order valence-corrected chi connectivity index (χ2v) is 5.14. The molecular weight excluding hydrogens is 234 g/mol. The maximum absolute atomic E-state index is 5.91. The highest BCUT2D eigenvalue weighted by atomic mass is 16.5. The third-order valence-corrected chi connectivity index (χ3v) is 3.21. The van der Waals surface area contributed by atoms with E-state index in [0.29, 0.717) is 12.5 Å². The van der Waals surface area contributed by atoms with E-state index < -0.39 is 0 Å². The van der Waals surface area contributed by atoms with Crippen LogP contribution in [-0.4, -0.2) is 0 Å². The zero-order chi connectivity index (χ0) is 13.8. The molecule has 0 heterocycles. The lowest BCUT2D eigenvalue weighted by molar-refractivity contribution is 0.476. The number of rotatable bonds is 4. The molecule has 2 N–H and O–H groups in total. The second kappa shape index (κ2) is 5.89. The molecule has 0 aliphatic heterocycles. The fraction of sp³-hybridized carbons (Fsp3) is 0.294. The summed E-state index contributed by atoms with van der Waals surface area (Å²) in [5.74, 6) is 2.22. The quantitative estimate of drug-likeness (QED) is 0.880. The van der Waals surface area contributed by atoms with Gasteiger partial charge in [-0.05, 0) is 36.6 Å². The van der Waals surface area contributed by atoms with E-state index in [2.05, 4.69) is 39.0 Å². The van der Waals surface area contributed by atoms with Crippen LogP contribution in [0.25, 0.3) is 0 Å². The first-order chi connectivity index (χ1) is 9.10. The Hall–Kier alpha value is -1.80. The molecule has 0 aliphatic carbocycles. The van der Waals surface area contributed by atoms with E-state index in [-0.39, 0.29) is 0 Å². The standard InChI is InChI=1S/C17H21NO/c1-12(2)14-5-7-16(8-6-14)19-17-9-4-13(3)10-15(17)11-18/h4-10,12H,11,18H2,1-3H3. The van der Waals surface area contributed by atoms with E-state index in [1.165, 1.54) is 11.1 Å². The first-order valence-electron chi connectivity index (χ1n) is 6.67. The lowest BCUT2D eigenvalue weighted by Crippen LogP contribution is -2.00. The van der Waals surface area contributed by atoms with Gasteiger partial charge >= 0.3 is 0 Å². The summed E-state index contributed by atoms with van der Waals surface area (Å²) in [6.07, 6.45) is 0. The molecule has 100 valence electrons. The van der Waals surface area contributed by atoms with Crippen LogP contribution in [-0.2, 0) is 6.54 Å². The van der Waals surface area contributed by atoms with E-state index in [0.717, 1.165) is 17.1 Å². The molecule has 0 amide bonds. The molecule has 2 nitrogen and oxygen atoms in total. The largest absolute Gasteiger partial charge is 0.457 e. The van der Waals surface area contributed by atoms with Crippen molar-refractivity contribution < 1.29 is 4.74 Å². The Kier molecular flexibility index (Phi) is 4.23. The van der Waals surface area contributed by atoms with Crippen LogP contribution in [0.4, 0.5) is 0 Å². The van der Waals surface area contributed by atoms with Crippen molar-refractivity contribution in [1.29, 1.82) is 0 Å². The smallest absolute Gasteiger partial charge is 0.131 e. The predicted molar refractivity (Wildman–Crippen MR) is 79.7 cm³/mol. The number of hydrogen-bond donors (Lipinski definition) is 1. The van der Waals surface area contributed by atoms with Gasteiger partial charge in [0.15, 0.2) is 0 Å². The molecule has 0 bridgehead atoms. The van der Waals surface area contributed by atoms with Crippen molar-refractivity contribution in [3.05, 3.63) is 59.2 Å². The van der Waals surface area contributed by atoms with Crippen molar-refractivity contribution in [1.82, 2.24) is 0 Å². The van der Waals surface area contributed by atoms with Gasteiger partial charge in [-0.2, -0.15) is 0 Å². The molecule has 0 aliphatic rings. The lowest BCUT2D eigenvalue weighted by Gasteiger charge is -2.12. The minimum Gasteiger partial charge on any atom is -0.457 e. The summed E-state index contributed by atoms with van der Waals surface area (Å²) in [6, 6.07) is 14.3. The number of nitrogens with two attached hydrogens (primary N) is 1. The van der Waals surface area contributed by atoms with Gasteiger partial charge in [-0.3, -0.25) is 0 Å². The van der Waals surface area contributed by atoms with E-state index >= 15 is 0 Å². The maximum Gasteiger partial charge on any atom is 0.131 e. The summed E-state index contributed by atoms with van der Waals surface area (Å²) in [4.78, 5) is 0. The van der Waals surface area contributed by atoms with Crippen molar-refractivity contribution in [2.45, 2.75) is 33.2 Å². The fourth-order valence-corrected chi connectivity index (χ4v) is 2.02. The van der Waals surface area contributed by atoms with E-state index in [9.17, 15) is 0 Å². The molecule has 2 heteroatoms. The number of benzene rings is 2. The molecule has 0 unspecified atom stereocenters. The Labute approximate surface area is 115 Å². The van der Waals surface area contributed by atoms with Crippen molar-refractivity contribution in [3.8, 4) is 11.5 Å². The van der Waals surface area contributed by atoms with Crippen LogP contribution in [0.3, 0.4) is 0 Å². The van der Waals surface area contributed by atoms with Crippen molar-refractivity contribution in [2.24, 2.45) is 5.73 Å². The summed E-state index contributed by atoms with van der Waals surface area (Å²) < 4.78 is 5.91. The SMILES string of the molecule is Cc1ccc(Oc2ccc(C(C)C)cc2)c(CN)c1. The Bertz CT molecular complexity index is 544. The molecule has 0 spiro atoms. The number of aryl methyl sites for hydroxylation is 1. The zero-order valence-corrected chi connectivity index (χ0v) is 11.8. The summed E-state index contributed by atoms with van der Waals surface area (Å²) in [5.41, 5.74) is 9.30. The summed E-state index contributed by atoms with van der Waals surface area (Å²) in [5, 5.41) is 0. The molecule has 2 aromatic carbocycles. The molecule has 0 fully saturated rings. The van der Waals surface area contributed by atoms with Gasteiger partial charge in [0, 0.05) is 12.1 Å². The van der Waals surface area contributed by atoms with Gasteiger partial charge in [-0.25, -0.2) is 0 Å². The molecular formula is C17H21NO. The Balaban J connectivity index is 2.21. The van der Waals surface area contributed by atoms with Gasteiger partial charge in [-0.1, -0.05) is 43.7 Å². The molecule has 0 saturated carbocycles. The molecule has 0 saturated heterocycles. The molecule has 19 heavy (non-hydrogen) atoms. The highest BCUT2D eigenvalue weighted by molar-refractivity contribution is 5.40. The number of hydrogen-bond acceptors (Lipinski definition) is 2. The minimum absolute atomic E-state index is 0.487. The van der Waals surface area contributed by atoms with Gasteiger partial charge in [0.25, 0.3) is 0 Å². The monoisotopic (exact) mass is 255 g/mol. The Morgan fingerprint density at radius 2 is 1.74 bits per heavy atom. The van der Waals surface area contributed by atoms with Gasteiger partial charge in [-0.15, -0.1) is 0 Å². The molecule has 0 atom stereocenters. The average molecular weight is 255 g/mol. The van der Waals surface area contributed by atoms with Crippen LogP contribution in [0.1, 0.15) is 36.5 Å². The van der Waals surface area contributed by atoms with Crippen LogP contribution in [0.2, 0.25) is 0 Å². The van der Waals surface area contributed by atoms with Crippen LogP contribution in [0.5, 0.6) is 11.5 Å². The van der Waals surface area contributed by atoms with Crippen LogP contribution < -0.4 is 10.5 Å². The molecule has 2 aromatic rings. The zero-order valence-electron chi connectivity index (χ0n) is 11.8. The van der Waals surface area contributed by atoms with Crippen LogP contribution in [0, 0.1) is 6.92 Å². The van der Waals surface area contributed by atoms with Crippen molar-refractivity contribution in [3.63, 3.8) is 0 Å². The Morgan fingerprint density at radius 3 is 2.32 bits per heavy atom. The first kappa shape index (κ1) is 13.6. The fourth-order valence-electron chi connectivity index (χ4n) is 2.02. The van der Waals surface area contributed by atoms with Gasteiger partial charge in [0.2, 0.25) is 0 Å². The third kappa shape index (κ3) is 3.36. The van der Waals surface area contributed by atoms with E-state index in [1.54, 1.807) is 0 Å². The normalized spacial score (nSPS) is 10.8. The predicted octanol–water partition coefficient (Wildman–Crippen LogP) is 4.37. The Morgan fingerprint density at radius 1 is 1.05 bits per heavy atom. The van der Waals surface area contributed by atoms with Gasteiger partial charge in [0.1, 0.15) is 11.5 Å². The van der Waals surface area contributed by atoms with E-state index in [1.807, 2.05) is 24.3 Å². The van der Waals surface area contributed by atoms with Gasteiger partial charge < -0.3 is 10.5 Å². The average Bonchev–Trinajstić information content (AvgIpc) is 2.41. The lowest BCUT2D eigenvalue weighted by atomic mass is 10.0. The highest BCUT2D eigenvalue weighted by Crippen LogP contribution is 2.27. The molecule has 0 radical (unpaired) electrons. The summed E-state index contributed by atoms with van der Waals surface area (Å²) in [6.45, 7) is 6.91. The van der Waals surface area contributed by atoms with Crippen molar-refractivity contribution in [2.75, 3.05) is 0 Å². The van der Waals surface area contributed by atoms with Gasteiger partial charge in [0.05, 0.1) is 0 Å². The molecule has 2 rings (SSSR count). The number of ether oxygens (including phenoxy) is 1. The minimum atomic E-state index is 0.487. The summed E-state index contributed by atoms with van der Waals surface area (Å²) in [7, 11) is 0. The van der Waals surface area contributed by atoms with Crippen LogP contribution >= 0.6 is 0 Å². The second-order valence-electron chi connectivity index (χ2n) is 5.14. The maximum atomic E-state index is 5.91.